The third-order valence-corrected chi connectivity index (χ3v) is 5.04. The number of fused-ring (bicyclic) bond motifs is 1. The number of methoxy groups -OCH3 is 2. The van der Waals surface area contributed by atoms with Gasteiger partial charge in [-0.05, 0) is 17.7 Å². The van der Waals surface area contributed by atoms with E-state index in [1.807, 2.05) is 12.1 Å². The Hall–Kier alpha value is -3.72. The van der Waals surface area contributed by atoms with Crippen molar-refractivity contribution < 1.29 is 9.47 Å². The predicted molar refractivity (Wildman–Crippen MR) is 117 cm³/mol. The lowest BCUT2D eigenvalue weighted by Crippen LogP contribution is -2.18. The van der Waals surface area contributed by atoms with Crippen molar-refractivity contribution in [1.82, 2.24) is 24.5 Å². The average molecular weight is 439 g/mol. The number of rotatable bonds is 6. The molecule has 0 unspecified atom stereocenters. The number of hydrogen-bond donors (Lipinski definition) is 1. The van der Waals surface area contributed by atoms with Gasteiger partial charge in [0.05, 0.1) is 32.7 Å². The fraction of sp³-hybridized carbons (Fsp3) is 0.190. The van der Waals surface area contributed by atoms with Crippen LogP contribution < -0.4 is 20.6 Å². The number of nitrogens with zero attached hydrogens (tertiary/aromatic N) is 5. The number of ether oxygens (including phenoxy) is 2. The van der Waals surface area contributed by atoms with Crippen LogP contribution >= 0.6 is 11.6 Å². The van der Waals surface area contributed by atoms with E-state index in [1.165, 1.54) is 0 Å². The van der Waals surface area contributed by atoms with Gasteiger partial charge in [0.15, 0.2) is 22.6 Å². The van der Waals surface area contributed by atoms with Gasteiger partial charge in [-0.1, -0.05) is 11.6 Å². The second-order valence-corrected chi connectivity index (χ2v) is 7.10. The normalized spacial score (nSPS) is 10.9. The summed E-state index contributed by atoms with van der Waals surface area (Å²) in [6, 6.07) is 5.47. The molecule has 4 aromatic heterocycles. The number of aromatic nitrogens is 5. The van der Waals surface area contributed by atoms with Crippen molar-refractivity contribution in [3.8, 4) is 11.5 Å². The summed E-state index contributed by atoms with van der Waals surface area (Å²) in [4.78, 5) is 29.8. The minimum Gasteiger partial charge on any atom is -0.493 e. The van der Waals surface area contributed by atoms with E-state index in [2.05, 4.69) is 19.9 Å². The van der Waals surface area contributed by atoms with E-state index in [1.54, 1.807) is 49.6 Å². The van der Waals surface area contributed by atoms with Gasteiger partial charge in [0.25, 0.3) is 0 Å². The highest BCUT2D eigenvalue weighted by molar-refractivity contribution is 6.34. The van der Waals surface area contributed by atoms with E-state index in [9.17, 15) is 4.79 Å². The lowest BCUT2D eigenvalue weighted by atomic mass is 10.1. The van der Waals surface area contributed by atoms with Crippen LogP contribution in [0, 0.1) is 0 Å². The molecular weight excluding hydrogens is 420 g/mol. The summed E-state index contributed by atoms with van der Waals surface area (Å²) < 4.78 is 12.4. The Bertz CT molecular complexity index is 1310. The summed E-state index contributed by atoms with van der Waals surface area (Å²) >= 11 is 6.30. The highest BCUT2D eigenvalue weighted by atomic mass is 35.5. The minimum atomic E-state index is -0.242. The van der Waals surface area contributed by atoms with Gasteiger partial charge >= 0.3 is 0 Å². The Morgan fingerprint density at radius 1 is 1.13 bits per heavy atom. The summed E-state index contributed by atoms with van der Waals surface area (Å²) in [7, 11) is 3.10. The molecule has 0 aliphatic rings. The van der Waals surface area contributed by atoms with Crippen molar-refractivity contribution in [1.29, 1.82) is 0 Å². The van der Waals surface area contributed by atoms with Crippen LogP contribution in [-0.2, 0) is 13.0 Å². The Balaban J connectivity index is 1.87. The van der Waals surface area contributed by atoms with Gasteiger partial charge in [-0.15, -0.1) is 0 Å². The third-order valence-electron chi connectivity index (χ3n) is 4.77. The van der Waals surface area contributed by atoms with Gasteiger partial charge < -0.3 is 19.8 Å². The molecule has 4 aromatic rings. The SMILES string of the molecule is COc1cnc(Cn2cc(Cc3ccncc3)c(=O)c3c(Cl)nc(N)nc32)cc1OC. The predicted octanol–water partition coefficient (Wildman–Crippen LogP) is 2.47. The fourth-order valence-electron chi connectivity index (χ4n) is 3.32. The first kappa shape index (κ1) is 20.5. The van der Waals surface area contributed by atoms with E-state index in [4.69, 9.17) is 26.8 Å². The zero-order chi connectivity index (χ0) is 22.0. The van der Waals surface area contributed by atoms with Gasteiger partial charge in [-0.2, -0.15) is 4.98 Å². The van der Waals surface area contributed by atoms with E-state index >= 15 is 0 Å². The number of pyridine rings is 3. The maximum atomic E-state index is 13.2. The second-order valence-electron chi connectivity index (χ2n) is 6.75. The molecule has 10 heteroatoms. The molecular formula is C21H19ClN6O3. The average Bonchev–Trinajstić information content (AvgIpc) is 2.77. The van der Waals surface area contributed by atoms with Crippen LogP contribution in [0.3, 0.4) is 0 Å². The Kier molecular flexibility index (Phi) is 5.68. The van der Waals surface area contributed by atoms with Crippen molar-refractivity contribution >= 4 is 28.6 Å². The largest absolute Gasteiger partial charge is 0.493 e. The molecule has 158 valence electrons. The third kappa shape index (κ3) is 4.13. The maximum Gasteiger partial charge on any atom is 0.223 e. The summed E-state index contributed by atoms with van der Waals surface area (Å²) in [5.41, 5.74) is 8.04. The first-order chi connectivity index (χ1) is 15.0. The van der Waals surface area contributed by atoms with Gasteiger partial charge in [-0.25, -0.2) is 4.98 Å². The summed E-state index contributed by atoms with van der Waals surface area (Å²) in [5, 5.41) is 0.223. The van der Waals surface area contributed by atoms with Crippen molar-refractivity contribution in [2.24, 2.45) is 0 Å². The first-order valence-corrected chi connectivity index (χ1v) is 9.68. The lowest BCUT2D eigenvalue weighted by Gasteiger charge is -2.14. The van der Waals surface area contributed by atoms with E-state index in [0.29, 0.717) is 41.4 Å². The highest BCUT2D eigenvalue weighted by Gasteiger charge is 2.17. The van der Waals surface area contributed by atoms with Crippen LogP contribution in [0.4, 0.5) is 5.95 Å². The van der Waals surface area contributed by atoms with E-state index in [0.717, 1.165) is 5.56 Å². The number of anilines is 1. The molecule has 0 fully saturated rings. The summed E-state index contributed by atoms with van der Waals surface area (Å²) in [6.45, 7) is 0.299. The molecule has 0 aliphatic heterocycles. The molecule has 4 rings (SSSR count). The summed E-state index contributed by atoms with van der Waals surface area (Å²) in [6.07, 6.45) is 7.08. The van der Waals surface area contributed by atoms with E-state index in [-0.39, 0.29) is 21.9 Å². The van der Waals surface area contributed by atoms with Crippen molar-refractivity contribution in [3.05, 3.63) is 75.2 Å². The molecule has 0 saturated heterocycles. The topological polar surface area (TPSA) is 118 Å². The van der Waals surface area contributed by atoms with Gasteiger partial charge in [0.1, 0.15) is 10.5 Å². The molecule has 31 heavy (non-hydrogen) atoms. The highest BCUT2D eigenvalue weighted by Crippen LogP contribution is 2.27. The molecule has 0 saturated carbocycles. The van der Waals surface area contributed by atoms with Crippen LogP contribution in [0.5, 0.6) is 11.5 Å². The number of hydrogen-bond acceptors (Lipinski definition) is 8. The van der Waals surface area contributed by atoms with E-state index < -0.39 is 0 Å². The number of halogens is 1. The molecule has 0 radical (unpaired) electrons. The van der Waals surface area contributed by atoms with Crippen molar-refractivity contribution in [2.75, 3.05) is 20.0 Å². The quantitative estimate of drug-likeness (QED) is 0.456. The number of nitrogen functional groups attached to an aromatic ring is 1. The van der Waals surface area contributed by atoms with Crippen LogP contribution in [0.15, 0.2) is 47.8 Å². The zero-order valence-corrected chi connectivity index (χ0v) is 17.6. The molecule has 0 amide bonds. The zero-order valence-electron chi connectivity index (χ0n) is 16.9. The lowest BCUT2D eigenvalue weighted by molar-refractivity contribution is 0.352. The Labute approximate surface area is 182 Å². The number of nitrogens with two attached hydrogens (primary N) is 1. The minimum absolute atomic E-state index is 0.0121. The molecule has 2 N–H and O–H groups in total. The molecule has 0 aliphatic carbocycles. The molecule has 4 heterocycles. The van der Waals surface area contributed by atoms with Gasteiger partial charge in [0, 0.05) is 36.6 Å². The summed E-state index contributed by atoms with van der Waals surface area (Å²) in [5.74, 6) is 1.04. The molecule has 0 atom stereocenters. The molecule has 0 aromatic carbocycles. The van der Waals surface area contributed by atoms with Gasteiger partial charge in [-0.3, -0.25) is 14.8 Å². The standard InChI is InChI=1S/C21H19ClN6O3/c1-30-15-8-14(25-9-16(15)31-2)11-28-10-13(7-12-3-5-24-6-4-12)18(29)17-19(22)26-21(23)27-20(17)28/h3-6,8-10H,7,11H2,1-2H3,(H2,23,26,27). The van der Waals surface area contributed by atoms with Crippen LogP contribution in [-0.4, -0.2) is 38.7 Å². The molecule has 0 spiro atoms. The maximum absolute atomic E-state index is 13.2. The van der Waals surface area contributed by atoms with Gasteiger partial charge in [0.2, 0.25) is 5.95 Å². The monoisotopic (exact) mass is 438 g/mol. The Morgan fingerprint density at radius 2 is 1.87 bits per heavy atom. The smallest absolute Gasteiger partial charge is 0.223 e. The van der Waals surface area contributed by atoms with Crippen LogP contribution in [0.25, 0.3) is 11.0 Å². The van der Waals surface area contributed by atoms with Crippen LogP contribution in [0.2, 0.25) is 5.15 Å². The Morgan fingerprint density at radius 3 is 2.58 bits per heavy atom. The molecule has 9 nitrogen and oxygen atoms in total. The van der Waals surface area contributed by atoms with Crippen molar-refractivity contribution in [2.45, 2.75) is 13.0 Å². The second kappa shape index (κ2) is 8.57. The fourth-order valence-corrected chi connectivity index (χ4v) is 3.57. The first-order valence-electron chi connectivity index (χ1n) is 9.31. The van der Waals surface area contributed by atoms with Crippen molar-refractivity contribution in [3.63, 3.8) is 0 Å². The van der Waals surface area contributed by atoms with Crippen LogP contribution in [0.1, 0.15) is 16.8 Å². The molecule has 0 bridgehead atoms.